The summed E-state index contributed by atoms with van der Waals surface area (Å²) in [5.74, 6) is -0.686. The van der Waals surface area contributed by atoms with E-state index in [1.807, 2.05) is 26.0 Å². The van der Waals surface area contributed by atoms with Crippen molar-refractivity contribution in [1.82, 2.24) is 0 Å². The number of benzene rings is 1. The fourth-order valence-electron chi connectivity index (χ4n) is 2.32. The van der Waals surface area contributed by atoms with Crippen molar-refractivity contribution in [3.8, 4) is 5.75 Å². The number of carboxylic acid groups (broad SMARTS) is 1. The van der Waals surface area contributed by atoms with Crippen LogP contribution < -0.4 is 0 Å². The van der Waals surface area contributed by atoms with E-state index >= 15 is 0 Å². The Morgan fingerprint density at radius 1 is 1.16 bits per heavy atom. The van der Waals surface area contributed by atoms with E-state index in [1.165, 1.54) is 0 Å². The molecule has 19 heavy (non-hydrogen) atoms. The Labute approximate surface area is 115 Å². The van der Waals surface area contributed by atoms with E-state index in [2.05, 4.69) is 20.8 Å². The second-order valence-electron chi connectivity index (χ2n) is 7.04. The van der Waals surface area contributed by atoms with E-state index in [1.54, 1.807) is 6.07 Å². The number of aliphatic carboxylic acids is 1. The number of carbonyl (C=O) groups is 1. The van der Waals surface area contributed by atoms with Gasteiger partial charge in [-0.2, -0.15) is 0 Å². The van der Waals surface area contributed by atoms with Crippen molar-refractivity contribution >= 4 is 5.97 Å². The van der Waals surface area contributed by atoms with E-state index in [-0.39, 0.29) is 17.6 Å². The molecule has 3 heteroatoms. The summed E-state index contributed by atoms with van der Waals surface area (Å²) in [5.41, 5.74) is 1.41. The minimum absolute atomic E-state index is 0.000465. The van der Waals surface area contributed by atoms with Crippen LogP contribution in [0.4, 0.5) is 0 Å². The summed E-state index contributed by atoms with van der Waals surface area (Å²) >= 11 is 0. The Hall–Kier alpha value is -1.51. The number of hydrogen-bond donors (Lipinski definition) is 2. The maximum atomic E-state index is 10.9. The predicted octanol–water partition coefficient (Wildman–Crippen LogP) is 3.73. The van der Waals surface area contributed by atoms with Crippen LogP contribution in [0.25, 0.3) is 0 Å². The molecule has 1 rings (SSSR count). The highest BCUT2D eigenvalue weighted by Crippen LogP contribution is 2.35. The van der Waals surface area contributed by atoms with Crippen LogP contribution in [0.15, 0.2) is 18.2 Å². The summed E-state index contributed by atoms with van der Waals surface area (Å²) in [7, 11) is 0. The standard InChI is InChI=1S/C16H24O3/c1-15(2,3)9-11-6-7-13(17)12(8-11)16(4,5)10-14(18)19/h6-8,17H,9-10H2,1-5H3,(H,18,19). The molecule has 1 aromatic carbocycles. The van der Waals surface area contributed by atoms with Crippen molar-refractivity contribution in [2.75, 3.05) is 0 Å². The zero-order valence-corrected chi connectivity index (χ0v) is 12.4. The van der Waals surface area contributed by atoms with Crippen LogP contribution in [0, 0.1) is 5.41 Å². The molecular formula is C16H24O3. The van der Waals surface area contributed by atoms with Crippen LogP contribution in [-0.4, -0.2) is 16.2 Å². The average molecular weight is 264 g/mol. The van der Waals surface area contributed by atoms with Gasteiger partial charge in [0.15, 0.2) is 0 Å². The van der Waals surface area contributed by atoms with Gasteiger partial charge in [-0.15, -0.1) is 0 Å². The third kappa shape index (κ3) is 4.58. The van der Waals surface area contributed by atoms with E-state index in [9.17, 15) is 9.90 Å². The first-order valence-electron chi connectivity index (χ1n) is 6.55. The molecule has 0 aliphatic heterocycles. The lowest BCUT2D eigenvalue weighted by Gasteiger charge is -2.26. The Balaban J connectivity index is 3.13. The summed E-state index contributed by atoms with van der Waals surface area (Å²) in [6.07, 6.45) is 0.892. The zero-order valence-electron chi connectivity index (χ0n) is 12.4. The van der Waals surface area contributed by atoms with Crippen LogP contribution in [0.2, 0.25) is 0 Å². The predicted molar refractivity (Wildman–Crippen MR) is 76.5 cm³/mol. The fraction of sp³-hybridized carbons (Fsp3) is 0.562. The van der Waals surface area contributed by atoms with Crippen LogP contribution in [0.1, 0.15) is 52.2 Å². The average Bonchev–Trinajstić information content (AvgIpc) is 2.16. The Morgan fingerprint density at radius 3 is 2.21 bits per heavy atom. The Kier molecular flexibility index (Phi) is 4.28. The van der Waals surface area contributed by atoms with Crippen molar-refractivity contribution in [3.63, 3.8) is 0 Å². The quantitative estimate of drug-likeness (QED) is 0.871. The van der Waals surface area contributed by atoms with Gasteiger partial charge in [0.25, 0.3) is 0 Å². The lowest BCUT2D eigenvalue weighted by atomic mass is 9.79. The van der Waals surface area contributed by atoms with E-state index in [4.69, 9.17) is 5.11 Å². The molecule has 0 unspecified atom stereocenters. The molecule has 1 aromatic rings. The first-order valence-corrected chi connectivity index (χ1v) is 6.55. The molecule has 0 spiro atoms. The molecule has 0 saturated heterocycles. The number of phenols is 1. The molecule has 0 amide bonds. The van der Waals surface area contributed by atoms with Crippen molar-refractivity contribution < 1.29 is 15.0 Å². The Bertz CT molecular complexity index is 467. The molecule has 0 saturated carbocycles. The maximum Gasteiger partial charge on any atom is 0.304 e. The minimum atomic E-state index is -0.856. The summed E-state index contributed by atoms with van der Waals surface area (Å²) in [4.78, 5) is 10.9. The molecule has 0 atom stereocenters. The Morgan fingerprint density at radius 2 is 1.74 bits per heavy atom. The first-order chi connectivity index (χ1) is 8.51. The van der Waals surface area contributed by atoms with Crippen molar-refractivity contribution in [1.29, 1.82) is 0 Å². The molecule has 3 nitrogen and oxygen atoms in total. The van der Waals surface area contributed by atoms with Gasteiger partial charge in [0.1, 0.15) is 5.75 Å². The van der Waals surface area contributed by atoms with Gasteiger partial charge in [-0.3, -0.25) is 4.79 Å². The van der Waals surface area contributed by atoms with Gasteiger partial charge in [-0.1, -0.05) is 46.8 Å². The molecule has 0 heterocycles. The van der Waals surface area contributed by atoms with Crippen LogP contribution in [0.3, 0.4) is 0 Å². The lowest BCUT2D eigenvalue weighted by molar-refractivity contribution is -0.138. The second kappa shape index (κ2) is 5.24. The monoisotopic (exact) mass is 264 g/mol. The molecule has 0 aliphatic rings. The maximum absolute atomic E-state index is 10.9. The largest absolute Gasteiger partial charge is 0.508 e. The molecule has 0 bridgehead atoms. The summed E-state index contributed by atoms with van der Waals surface area (Å²) in [6, 6.07) is 5.50. The normalized spacial score (nSPS) is 12.5. The molecule has 0 fully saturated rings. The van der Waals surface area contributed by atoms with Crippen molar-refractivity contribution in [2.24, 2.45) is 5.41 Å². The molecule has 0 aromatic heterocycles. The molecule has 106 valence electrons. The van der Waals surface area contributed by atoms with Gasteiger partial charge in [0, 0.05) is 11.0 Å². The smallest absolute Gasteiger partial charge is 0.304 e. The molecule has 0 radical (unpaired) electrons. The van der Waals surface area contributed by atoms with Crippen molar-refractivity contribution in [2.45, 2.75) is 52.9 Å². The van der Waals surface area contributed by atoms with Gasteiger partial charge in [-0.05, 0) is 23.5 Å². The van der Waals surface area contributed by atoms with Gasteiger partial charge in [0.05, 0.1) is 6.42 Å². The van der Waals surface area contributed by atoms with Gasteiger partial charge >= 0.3 is 5.97 Å². The van der Waals surface area contributed by atoms with Gasteiger partial charge < -0.3 is 10.2 Å². The molecule has 0 aliphatic carbocycles. The van der Waals surface area contributed by atoms with Crippen LogP contribution in [0.5, 0.6) is 5.75 Å². The first kappa shape index (κ1) is 15.5. The highest BCUT2D eigenvalue weighted by Gasteiger charge is 2.27. The summed E-state index contributed by atoms with van der Waals surface area (Å²) in [5, 5.41) is 19.0. The van der Waals surface area contributed by atoms with Crippen LogP contribution >= 0.6 is 0 Å². The minimum Gasteiger partial charge on any atom is -0.508 e. The molecule has 2 N–H and O–H groups in total. The van der Waals surface area contributed by atoms with E-state index in [0.29, 0.717) is 5.56 Å². The third-order valence-electron chi connectivity index (χ3n) is 3.12. The van der Waals surface area contributed by atoms with Crippen LogP contribution in [-0.2, 0) is 16.6 Å². The fourth-order valence-corrected chi connectivity index (χ4v) is 2.32. The summed E-state index contributed by atoms with van der Waals surface area (Å²) in [6.45, 7) is 10.2. The van der Waals surface area contributed by atoms with Gasteiger partial charge in [-0.25, -0.2) is 0 Å². The summed E-state index contributed by atoms with van der Waals surface area (Å²) < 4.78 is 0. The number of carboxylic acids is 1. The topological polar surface area (TPSA) is 57.5 Å². The van der Waals surface area contributed by atoms with E-state index in [0.717, 1.165) is 12.0 Å². The number of rotatable bonds is 4. The lowest BCUT2D eigenvalue weighted by Crippen LogP contribution is -2.22. The number of phenolic OH excluding ortho intramolecular Hbond substituents is 1. The number of aromatic hydroxyl groups is 1. The third-order valence-corrected chi connectivity index (χ3v) is 3.12. The van der Waals surface area contributed by atoms with Crippen molar-refractivity contribution in [3.05, 3.63) is 29.3 Å². The molecular weight excluding hydrogens is 240 g/mol. The highest BCUT2D eigenvalue weighted by molar-refractivity contribution is 5.69. The second-order valence-corrected chi connectivity index (χ2v) is 7.04. The van der Waals surface area contributed by atoms with Gasteiger partial charge in [0.2, 0.25) is 0 Å². The highest BCUT2D eigenvalue weighted by atomic mass is 16.4. The SMILES string of the molecule is CC(C)(C)Cc1ccc(O)c(C(C)(C)CC(=O)O)c1. The zero-order chi connectivity index (χ0) is 14.8. The number of hydrogen-bond acceptors (Lipinski definition) is 2. The van der Waals surface area contributed by atoms with E-state index < -0.39 is 11.4 Å².